The average Bonchev–Trinajstić information content (AvgIpc) is 3.36. The number of aromatic nitrogens is 2. The fourth-order valence-corrected chi connectivity index (χ4v) is 6.43. The van der Waals surface area contributed by atoms with E-state index in [0.717, 1.165) is 33.3 Å². The van der Waals surface area contributed by atoms with Crippen molar-refractivity contribution in [3.05, 3.63) is 101 Å². The third-order valence-electron chi connectivity index (χ3n) is 7.49. The summed E-state index contributed by atoms with van der Waals surface area (Å²) in [6, 6.07) is 13.7. The van der Waals surface area contributed by atoms with Crippen LogP contribution in [0, 0.1) is 26.2 Å². The minimum absolute atomic E-state index is 0.194. The number of terminal acetylenes is 1. The van der Waals surface area contributed by atoms with E-state index in [2.05, 4.69) is 61.6 Å². The van der Waals surface area contributed by atoms with Gasteiger partial charge in [0.2, 0.25) is 0 Å². The zero-order chi connectivity index (χ0) is 28.7. The van der Waals surface area contributed by atoms with Crippen LogP contribution in [0.5, 0.6) is 0 Å². The van der Waals surface area contributed by atoms with Crippen LogP contribution in [-0.4, -0.2) is 21.7 Å². The lowest BCUT2D eigenvalue weighted by atomic mass is 9.93. The SMILES string of the molecule is C#CCn1c(C)c(/C=c2\sc3n(c2=O)[C@@H](c2ccc(C(C)C)cc2)C(C(=O)OCC)=C(C)N=3)c2cc(C)ccc21. The largest absolute Gasteiger partial charge is 0.463 e. The smallest absolute Gasteiger partial charge is 0.338 e. The standard InChI is InChI=1S/C33H33N3O3S/c1-8-16-35-22(7)25(26-17-20(5)10-15-27(26)35)18-28-31(37)36-30(24-13-11-23(12-14-24)19(3)4)29(32(38)39-9-2)21(6)34-33(36)40-28/h1,10-15,17-19,30H,9,16H2,2-7H3/b28-18-/t30-/m0/s1. The van der Waals surface area contributed by atoms with Crippen molar-refractivity contribution in [3.8, 4) is 12.3 Å². The molecule has 0 spiro atoms. The van der Waals surface area contributed by atoms with Gasteiger partial charge in [0.1, 0.15) is 0 Å². The van der Waals surface area contributed by atoms with Crippen LogP contribution >= 0.6 is 11.3 Å². The molecule has 4 aromatic rings. The van der Waals surface area contributed by atoms with Gasteiger partial charge in [0.05, 0.1) is 35.0 Å². The second-order valence-corrected chi connectivity index (χ2v) is 11.4. The number of carbonyl (C=O) groups excluding carboxylic acids is 1. The first-order valence-electron chi connectivity index (χ1n) is 13.5. The van der Waals surface area contributed by atoms with E-state index in [0.29, 0.717) is 33.1 Å². The van der Waals surface area contributed by atoms with Gasteiger partial charge < -0.3 is 9.30 Å². The molecule has 3 heterocycles. The summed E-state index contributed by atoms with van der Waals surface area (Å²) in [7, 11) is 0. The molecule has 1 atom stereocenters. The molecule has 0 saturated heterocycles. The Kier molecular flexibility index (Phi) is 7.39. The Morgan fingerprint density at radius 1 is 1.18 bits per heavy atom. The molecule has 0 aliphatic carbocycles. The van der Waals surface area contributed by atoms with Crippen molar-refractivity contribution in [3.63, 3.8) is 0 Å². The number of carbonyl (C=O) groups is 1. The zero-order valence-corrected chi connectivity index (χ0v) is 24.6. The van der Waals surface area contributed by atoms with E-state index in [4.69, 9.17) is 16.2 Å². The number of thiazole rings is 1. The van der Waals surface area contributed by atoms with Crippen molar-refractivity contribution in [2.75, 3.05) is 6.61 Å². The fraction of sp³-hybridized carbons (Fsp3) is 0.303. The molecule has 1 aliphatic heterocycles. The highest BCUT2D eigenvalue weighted by atomic mass is 32.1. The van der Waals surface area contributed by atoms with E-state index in [9.17, 15) is 9.59 Å². The number of rotatable bonds is 6. The van der Waals surface area contributed by atoms with Crippen LogP contribution in [-0.2, 0) is 16.1 Å². The van der Waals surface area contributed by atoms with Gasteiger partial charge in [-0.15, -0.1) is 6.42 Å². The number of hydrogen-bond donors (Lipinski definition) is 0. The van der Waals surface area contributed by atoms with Gasteiger partial charge in [-0.2, -0.15) is 0 Å². The lowest BCUT2D eigenvalue weighted by molar-refractivity contribution is -0.139. The van der Waals surface area contributed by atoms with Crippen LogP contribution in [0.1, 0.15) is 67.6 Å². The Morgan fingerprint density at radius 2 is 1.90 bits per heavy atom. The molecule has 0 bridgehead atoms. The van der Waals surface area contributed by atoms with Crippen LogP contribution in [0.25, 0.3) is 17.0 Å². The van der Waals surface area contributed by atoms with Crippen molar-refractivity contribution in [2.45, 2.75) is 60.0 Å². The first-order valence-corrected chi connectivity index (χ1v) is 14.3. The van der Waals surface area contributed by atoms with E-state index < -0.39 is 12.0 Å². The van der Waals surface area contributed by atoms with Gasteiger partial charge in [0, 0.05) is 22.2 Å². The van der Waals surface area contributed by atoms with E-state index in [1.165, 1.54) is 16.9 Å². The molecule has 0 fully saturated rings. The van der Waals surface area contributed by atoms with Gasteiger partial charge in [-0.25, -0.2) is 9.79 Å². The van der Waals surface area contributed by atoms with E-state index in [-0.39, 0.29) is 12.2 Å². The van der Waals surface area contributed by atoms with Crippen molar-refractivity contribution in [1.82, 2.24) is 9.13 Å². The van der Waals surface area contributed by atoms with Crippen molar-refractivity contribution < 1.29 is 9.53 Å². The predicted molar refractivity (Wildman–Crippen MR) is 161 cm³/mol. The predicted octanol–water partition coefficient (Wildman–Crippen LogP) is 5.13. The Morgan fingerprint density at radius 3 is 2.55 bits per heavy atom. The monoisotopic (exact) mass is 551 g/mol. The number of hydrogen-bond acceptors (Lipinski definition) is 5. The van der Waals surface area contributed by atoms with Crippen molar-refractivity contribution >= 4 is 34.3 Å². The molecule has 2 aromatic heterocycles. The van der Waals surface area contributed by atoms with Gasteiger partial charge in [-0.1, -0.05) is 67.0 Å². The molecular weight excluding hydrogens is 518 g/mol. The first-order chi connectivity index (χ1) is 19.2. The average molecular weight is 552 g/mol. The second kappa shape index (κ2) is 10.8. The number of esters is 1. The minimum atomic E-state index is -0.634. The van der Waals surface area contributed by atoms with Crippen LogP contribution < -0.4 is 14.9 Å². The highest BCUT2D eigenvalue weighted by molar-refractivity contribution is 7.07. The molecule has 204 valence electrons. The minimum Gasteiger partial charge on any atom is -0.463 e. The van der Waals surface area contributed by atoms with Gasteiger partial charge in [0.25, 0.3) is 5.56 Å². The molecule has 7 heteroatoms. The summed E-state index contributed by atoms with van der Waals surface area (Å²) in [6.45, 7) is 12.6. The number of benzene rings is 2. The number of ether oxygens (including phenoxy) is 1. The molecule has 0 radical (unpaired) electrons. The van der Waals surface area contributed by atoms with Gasteiger partial charge in [-0.05, 0) is 62.9 Å². The first kappa shape index (κ1) is 27.4. The summed E-state index contributed by atoms with van der Waals surface area (Å²) < 4.78 is 9.71. The fourth-order valence-electron chi connectivity index (χ4n) is 5.40. The maximum Gasteiger partial charge on any atom is 0.338 e. The summed E-state index contributed by atoms with van der Waals surface area (Å²) in [5.74, 6) is 2.65. The quantitative estimate of drug-likeness (QED) is 0.247. The summed E-state index contributed by atoms with van der Waals surface area (Å²) >= 11 is 1.33. The van der Waals surface area contributed by atoms with Gasteiger partial charge in [0.15, 0.2) is 4.80 Å². The topological polar surface area (TPSA) is 65.6 Å². The van der Waals surface area contributed by atoms with E-state index >= 15 is 0 Å². The Balaban J connectivity index is 1.76. The lowest BCUT2D eigenvalue weighted by Crippen LogP contribution is -2.40. The maximum absolute atomic E-state index is 14.1. The normalized spacial score (nSPS) is 15.3. The molecule has 0 unspecified atom stereocenters. The molecule has 0 saturated carbocycles. The van der Waals surface area contributed by atoms with Crippen LogP contribution in [0.3, 0.4) is 0 Å². The number of aryl methyl sites for hydroxylation is 1. The lowest BCUT2D eigenvalue weighted by Gasteiger charge is -2.25. The number of allylic oxidation sites excluding steroid dienone is 1. The van der Waals surface area contributed by atoms with E-state index in [1.54, 1.807) is 18.4 Å². The van der Waals surface area contributed by atoms with Crippen LogP contribution in [0.4, 0.5) is 0 Å². The highest BCUT2D eigenvalue weighted by Gasteiger charge is 2.33. The van der Waals surface area contributed by atoms with Crippen LogP contribution in [0.15, 0.2) is 63.5 Å². The molecule has 0 amide bonds. The van der Waals surface area contributed by atoms with Gasteiger partial charge >= 0.3 is 5.97 Å². The van der Waals surface area contributed by atoms with Crippen molar-refractivity contribution in [2.24, 2.45) is 4.99 Å². The summed E-state index contributed by atoms with van der Waals surface area (Å²) in [5.41, 5.74) is 6.88. The molecule has 40 heavy (non-hydrogen) atoms. The molecule has 2 aromatic carbocycles. The van der Waals surface area contributed by atoms with Crippen molar-refractivity contribution in [1.29, 1.82) is 0 Å². The van der Waals surface area contributed by atoms with E-state index in [1.807, 2.05) is 25.1 Å². The third kappa shape index (κ3) is 4.63. The Bertz CT molecular complexity index is 1890. The summed E-state index contributed by atoms with van der Waals surface area (Å²) in [5, 5.41) is 1.04. The Labute approximate surface area is 238 Å². The van der Waals surface area contributed by atoms with Gasteiger partial charge in [-0.3, -0.25) is 9.36 Å². The zero-order valence-electron chi connectivity index (χ0n) is 23.7. The summed E-state index contributed by atoms with van der Waals surface area (Å²) in [4.78, 5) is 32.6. The molecule has 1 aliphatic rings. The molecular formula is C33H33N3O3S. The number of nitrogens with zero attached hydrogens (tertiary/aromatic N) is 3. The Hall–Kier alpha value is -4.15. The molecule has 6 nitrogen and oxygen atoms in total. The third-order valence-corrected chi connectivity index (χ3v) is 8.47. The second-order valence-electron chi connectivity index (χ2n) is 10.4. The summed E-state index contributed by atoms with van der Waals surface area (Å²) in [6.07, 6.45) is 7.62. The maximum atomic E-state index is 14.1. The molecule has 5 rings (SSSR count). The highest BCUT2D eigenvalue weighted by Crippen LogP contribution is 2.32. The van der Waals surface area contributed by atoms with Crippen LogP contribution in [0.2, 0.25) is 0 Å². The number of fused-ring (bicyclic) bond motifs is 2. The molecule has 0 N–H and O–H groups in total.